The Kier molecular flexibility index (Phi) is 3.65. The average Bonchev–Trinajstić information content (AvgIpc) is 2.42. The van der Waals surface area contributed by atoms with E-state index in [1.54, 1.807) is 18.5 Å². The van der Waals surface area contributed by atoms with E-state index in [2.05, 4.69) is 4.98 Å². The lowest BCUT2D eigenvalue weighted by Gasteiger charge is -2.24. The standard InChI is InChI=1S/C16H18N2O/c1-16(2,13-6-4-3-5-7-13)15(19)10-12-11-18-9-8-14(12)17/h3-9,11H,10H2,1-2H3,(H2,17,18). The fourth-order valence-electron chi connectivity index (χ4n) is 2.00. The summed E-state index contributed by atoms with van der Waals surface area (Å²) in [5, 5.41) is 0. The first-order valence-corrected chi connectivity index (χ1v) is 6.29. The molecule has 0 saturated heterocycles. The van der Waals surface area contributed by atoms with Crippen molar-refractivity contribution in [3.63, 3.8) is 0 Å². The molecule has 1 aromatic heterocycles. The van der Waals surface area contributed by atoms with Crippen molar-refractivity contribution < 1.29 is 4.79 Å². The number of rotatable bonds is 4. The molecule has 1 aromatic carbocycles. The number of anilines is 1. The van der Waals surface area contributed by atoms with Gasteiger partial charge in [0.2, 0.25) is 0 Å². The van der Waals surface area contributed by atoms with Gasteiger partial charge in [-0.05, 0) is 25.5 Å². The number of hydrogen-bond acceptors (Lipinski definition) is 3. The molecule has 2 N–H and O–H groups in total. The zero-order valence-corrected chi connectivity index (χ0v) is 11.3. The number of carbonyl (C=O) groups excluding carboxylic acids is 1. The summed E-state index contributed by atoms with van der Waals surface area (Å²) in [5.74, 6) is 0.137. The van der Waals surface area contributed by atoms with Gasteiger partial charge in [0, 0.05) is 35.5 Å². The number of carbonyl (C=O) groups is 1. The number of ketones is 1. The summed E-state index contributed by atoms with van der Waals surface area (Å²) in [5.41, 5.74) is 7.76. The number of nitrogens with zero attached hydrogens (tertiary/aromatic N) is 1. The first-order chi connectivity index (χ1) is 9.01. The maximum atomic E-state index is 12.5. The summed E-state index contributed by atoms with van der Waals surface area (Å²) in [6.07, 6.45) is 3.60. The lowest BCUT2D eigenvalue weighted by atomic mass is 9.78. The number of hydrogen-bond donors (Lipinski definition) is 1. The van der Waals surface area contributed by atoms with Gasteiger partial charge in [0.05, 0.1) is 0 Å². The summed E-state index contributed by atoms with van der Waals surface area (Å²) in [7, 11) is 0. The average molecular weight is 254 g/mol. The van der Waals surface area contributed by atoms with E-state index >= 15 is 0 Å². The summed E-state index contributed by atoms with van der Waals surface area (Å²) in [6, 6.07) is 11.5. The molecule has 0 saturated carbocycles. The van der Waals surface area contributed by atoms with Crippen LogP contribution in [0.3, 0.4) is 0 Å². The van der Waals surface area contributed by atoms with Gasteiger partial charge in [-0.15, -0.1) is 0 Å². The van der Waals surface area contributed by atoms with Crippen LogP contribution in [0, 0.1) is 0 Å². The highest BCUT2D eigenvalue weighted by Gasteiger charge is 2.29. The fraction of sp³-hybridized carbons (Fsp3) is 0.250. The molecule has 0 amide bonds. The Morgan fingerprint density at radius 2 is 1.89 bits per heavy atom. The molecular formula is C16H18N2O. The van der Waals surface area contributed by atoms with Crippen LogP contribution >= 0.6 is 0 Å². The van der Waals surface area contributed by atoms with Crippen molar-refractivity contribution in [3.8, 4) is 0 Å². The van der Waals surface area contributed by atoms with Crippen molar-refractivity contribution in [1.29, 1.82) is 0 Å². The normalized spacial score (nSPS) is 11.3. The van der Waals surface area contributed by atoms with E-state index in [0.717, 1.165) is 11.1 Å². The molecule has 0 aliphatic carbocycles. The minimum atomic E-state index is -0.524. The SMILES string of the molecule is CC(C)(C(=O)Cc1cnccc1N)c1ccccc1. The van der Waals surface area contributed by atoms with Crippen molar-refractivity contribution in [2.24, 2.45) is 0 Å². The second-order valence-corrected chi connectivity index (χ2v) is 5.17. The summed E-state index contributed by atoms with van der Waals surface area (Å²) in [6.45, 7) is 3.88. The smallest absolute Gasteiger partial charge is 0.147 e. The fourth-order valence-corrected chi connectivity index (χ4v) is 2.00. The van der Waals surface area contributed by atoms with Crippen LogP contribution in [0.4, 0.5) is 5.69 Å². The van der Waals surface area contributed by atoms with Crippen LogP contribution in [0.1, 0.15) is 25.0 Å². The Morgan fingerprint density at radius 1 is 1.21 bits per heavy atom. The molecule has 19 heavy (non-hydrogen) atoms. The Hall–Kier alpha value is -2.16. The van der Waals surface area contributed by atoms with Gasteiger partial charge in [-0.2, -0.15) is 0 Å². The van der Waals surface area contributed by atoms with Gasteiger partial charge in [-0.3, -0.25) is 9.78 Å². The second kappa shape index (κ2) is 5.22. The minimum Gasteiger partial charge on any atom is -0.398 e. The minimum absolute atomic E-state index is 0.137. The Labute approximate surface area is 113 Å². The molecule has 0 radical (unpaired) electrons. The maximum Gasteiger partial charge on any atom is 0.147 e. The van der Waals surface area contributed by atoms with E-state index in [1.807, 2.05) is 44.2 Å². The predicted molar refractivity (Wildman–Crippen MR) is 76.8 cm³/mol. The largest absolute Gasteiger partial charge is 0.398 e. The van der Waals surface area contributed by atoms with E-state index in [1.165, 1.54) is 0 Å². The zero-order valence-electron chi connectivity index (χ0n) is 11.3. The summed E-state index contributed by atoms with van der Waals surface area (Å²) >= 11 is 0. The van der Waals surface area contributed by atoms with Crippen molar-refractivity contribution in [2.45, 2.75) is 25.7 Å². The molecule has 0 fully saturated rings. The van der Waals surface area contributed by atoms with Gasteiger partial charge in [0.25, 0.3) is 0 Å². The number of nitrogens with two attached hydrogens (primary N) is 1. The van der Waals surface area contributed by atoms with E-state index in [9.17, 15) is 4.79 Å². The van der Waals surface area contributed by atoms with Crippen LogP contribution in [0.5, 0.6) is 0 Å². The molecule has 0 atom stereocenters. The zero-order chi connectivity index (χ0) is 13.9. The van der Waals surface area contributed by atoms with Crippen molar-refractivity contribution in [2.75, 3.05) is 5.73 Å². The number of benzene rings is 1. The second-order valence-electron chi connectivity index (χ2n) is 5.17. The molecule has 0 spiro atoms. The molecule has 1 heterocycles. The highest BCUT2D eigenvalue weighted by atomic mass is 16.1. The molecule has 2 aromatic rings. The highest BCUT2D eigenvalue weighted by molar-refractivity contribution is 5.91. The molecule has 0 aliphatic rings. The van der Waals surface area contributed by atoms with Gasteiger partial charge in [-0.1, -0.05) is 30.3 Å². The Morgan fingerprint density at radius 3 is 2.53 bits per heavy atom. The molecule has 3 nitrogen and oxygen atoms in total. The van der Waals surface area contributed by atoms with Crippen LogP contribution in [0.15, 0.2) is 48.8 Å². The molecule has 0 unspecified atom stereocenters. The number of Topliss-reactive ketones (excluding diaryl/α,β-unsaturated/α-hetero) is 1. The third-order valence-electron chi connectivity index (χ3n) is 3.48. The van der Waals surface area contributed by atoms with Crippen molar-refractivity contribution in [3.05, 3.63) is 59.9 Å². The molecule has 3 heteroatoms. The van der Waals surface area contributed by atoms with Gasteiger partial charge >= 0.3 is 0 Å². The maximum absolute atomic E-state index is 12.5. The highest BCUT2D eigenvalue weighted by Crippen LogP contribution is 2.26. The van der Waals surface area contributed by atoms with E-state index in [4.69, 9.17) is 5.73 Å². The topological polar surface area (TPSA) is 56.0 Å². The van der Waals surface area contributed by atoms with Crippen molar-refractivity contribution in [1.82, 2.24) is 4.98 Å². The monoisotopic (exact) mass is 254 g/mol. The van der Waals surface area contributed by atoms with Gasteiger partial charge in [0.15, 0.2) is 0 Å². The van der Waals surface area contributed by atoms with Crippen molar-refractivity contribution >= 4 is 11.5 Å². The lowest BCUT2D eigenvalue weighted by molar-refractivity contribution is -0.122. The van der Waals surface area contributed by atoms with Gasteiger partial charge < -0.3 is 5.73 Å². The lowest BCUT2D eigenvalue weighted by Crippen LogP contribution is -2.30. The predicted octanol–water partition coefficient (Wildman–Crippen LogP) is 2.75. The third-order valence-corrected chi connectivity index (χ3v) is 3.48. The van der Waals surface area contributed by atoms with Crippen LogP contribution in [0.25, 0.3) is 0 Å². The Balaban J connectivity index is 2.23. The van der Waals surface area contributed by atoms with Crippen LogP contribution in [-0.4, -0.2) is 10.8 Å². The van der Waals surface area contributed by atoms with Gasteiger partial charge in [0.1, 0.15) is 5.78 Å². The third kappa shape index (κ3) is 2.81. The summed E-state index contributed by atoms with van der Waals surface area (Å²) < 4.78 is 0. The summed E-state index contributed by atoms with van der Waals surface area (Å²) in [4.78, 5) is 16.5. The molecule has 2 rings (SSSR count). The molecule has 98 valence electrons. The first-order valence-electron chi connectivity index (χ1n) is 6.29. The van der Waals surface area contributed by atoms with E-state index < -0.39 is 5.41 Å². The molecule has 0 aliphatic heterocycles. The molecule has 0 bridgehead atoms. The van der Waals surface area contributed by atoms with Crippen LogP contribution in [0.2, 0.25) is 0 Å². The van der Waals surface area contributed by atoms with Crippen LogP contribution in [-0.2, 0) is 16.6 Å². The van der Waals surface area contributed by atoms with E-state index in [-0.39, 0.29) is 5.78 Å². The Bertz CT molecular complexity index is 576. The van der Waals surface area contributed by atoms with Gasteiger partial charge in [-0.25, -0.2) is 0 Å². The molecular weight excluding hydrogens is 236 g/mol. The number of aromatic nitrogens is 1. The number of nitrogen functional groups attached to an aromatic ring is 1. The number of pyridine rings is 1. The van der Waals surface area contributed by atoms with Crippen LogP contribution < -0.4 is 5.73 Å². The van der Waals surface area contributed by atoms with E-state index in [0.29, 0.717) is 12.1 Å². The quantitative estimate of drug-likeness (QED) is 0.912. The first kappa shape index (κ1) is 13.3.